The molecule has 1 aliphatic heterocycles. The number of nitro benzene ring substituents is 1. The number of thioether (sulfide) groups is 1. The molecule has 0 spiro atoms. The van der Waals surface area contributed by atoms with Gasteiger partial charge < -0.3 is 9.73 Å². The van der Waals surface area contributed by atoms with Gasteiger partial charge in [-0.3, -0.25) is 14.9 Å². The van der Waals surface area contributed by atoms with E-state index in [1.54, 1.807) is 30.3 Å². The molecular formula is C21H13Cl2N3O4S. The largest absolute Gasteiger partial charge is 0.457 e. The molecule has 156 valence electrons. The zero-order chi connectivity index (χ0) is 22.1. The molecule has 7 nitrogen and oxygen atoms in total. The molecule has 0 radical (unpaired) electrons. The predicted molar refractivity (Wildman–Crippen MR) is 123 cm³/mol. The fraction of sp³-hybridized carbons (Fsp3) is 0.0476. The van der Waals surface area contributed by atoms with Gasteiger partial charge in [0.05, 0.1) is 20.5 Å². The molecular weight excluding hydrogens is 461 g/mol. The molecule has 1 fully saturated rings. The van der Waals surface area contributed by atoms with Gasteiger partial charge in [0.2, 0.25) is 0 Å². The van der Waals surface area contributed by atoms with Gasteiger partial charge in [-0.05, 0) is 54.6 Å². The lowest BCUT2D eigenvalue weighted by molar-refractivity contribution is -0.384. The first-order valence-corrected chi connectivity index (χ1v) is 10.5. The number of halogens is 2. The van der Waals surface area contributed by atoms with Crippen LogP contribution in [0, 0.1) is 17.0 Å². The van der Waals surface area contributed by atoms with E-state index in [4.69, 9.17) is 27.6 Å². The molecule has 31 heavy (non-hydrogen) atoms. The van der Waals surface area contributed by atoms with E-state index >= 15 is 0 Å². The van der Waals surface area contributed by atoms with Crippen LogP contribution in [0.4, 0.5) is 11.4 Å². The lowest BCUT2D eigenvalue weighted by Gasteiger charge is -2.02. The van der Waals surface area contributed by atoms with Gasteiger partial charge in [-0.15, -0.1) is 0 Å². The third-order valence-electron chi connectivity index (χ3n) is 4.44. The fourth-order valence-electron chi connectivity index (χ4n) is 2.83. The Morgan fingerprint density at radius 3 is 2.74 bits per heavy atom. The van der Waals surface area contributed by atoms with Crippen LogP contribution in [-0.4, -0.2) is 16.0 Å². The van der Waals surface area contributed by atoms with Crippen molar-refractivity contribution >= 4 is 63.5 Å². The number of carbonyl (C=O) groups is 1. The zero-order valence-corrected chi connectivity index (χ0v) is 18.2. The second kappa shape index (κ2) is 8.58. The molecule has 2 heterocycles. The average Bonchev–Trinajstić information content (AvgIpc) is 3.32. The second-order valence-electron chi connectivity index (χ2n) is 6.49. The summed E-state index contributed by atoms with van der Waals surface area (Å²) in [6.07, 6.45) is 1.57. The molecule has 3 aromatic rings. The summed E-state index contributed by atoms with van der Waals surface area (Å²) in [5.74, 6) is 0.442. The number of furan rings is 1. The minimum atomic E-state index is -0.506. The summed E-state index contributed by atoms with van der Waals surface area (Å²) in [5.41, 5.74) is 1.77. The second-order valence-corrected chi connectivity index (χ2v) is 8.33. The number of non-ortho nitro benzene ring substituents is 1. The van der Waals surface area contributed by atoms with Crippen molar-refractivity contribution in [1.29, 1.82) is 0 Å². The molecule has 0 bridgehead atoms. The van der Waals surface area contributed by atoms with Gasteiger partial charge in [0.15, 0.2) is 5.17 Å². The molecule has 1 N–H and O–H groups in total. The van der Waals surface area contributed by atoms with E-state index in [0.717, 1.165) is 5.56 Å². The van der Waals surface area contributed by atoms with Gasteiger partial charge in [-0.25, -0.2) is 4.99 Å². The van der Waals surface area contributed by atoms with E-state index in [9.17, 15) is 14.9 Å². The zero-order valence-electron chi connectivity index (χ0n) is 15.9. The van der Waals surface area contributed by atoms with Crippen LogP contribution in [0.3, 0.4) is 0 Å². The van der Waals surface area contributed by atoms with Crippen LogP contribution >= 0.6 is 35.0 Å². The number of hydrogen-bond donors (Lipinski definition) is 1. The molecule has 0 atom stereocenters. The van der Waals surface area contributed by atoms with E-state index in [1.807, 2.05) is 13.0 Å². The van der Waals surface area contributed by atoms with Crippen molar-refractivity contribution in [2.45, 2.75) is 6.92 Å². The van der Waals surface area contributed by atoms with Gasteiger partial charge in [0.25, 0.3) is 11.6 Å². The molecule has 1 amide bonds. The molecule has 4 rings (SSSR count). The van der Waals surface area contributed by atoms with Crippen LogP contribution in [0.15, 0.2) is 62.8 Å². The monoisotopic (exact) mass is 473 g/mol. The van der Waals surface area contributed by atoms with Crippen LogP contribution in [0.25, 0.3) is 17.4 Å². The first-order valence-electron chi connectivity index (χ1n) is 8.90. The van der Waals surface area contributed by atoms with E-state index in [0.29, 0.717) is 42.9 Å². The Balaban J connectivity index is 1.59. The minimum absolute atomic E-state index is 0.0985. The summed E-state index contributed by atoms with van der Waals surface area (Å²) < 4.78 is 5.75. The maximum Gasteiger partial charge on any atom is 0.270 e. The van der Waals surface area contributed by atoms with Crippen molar-refractivity contribution in [3.63, 3.8) is 0 Å². The Hall–Kier alpha value is -3.07. The summed E-state index contributed by atoms with van der Waals surface area (Å²) >= 11 is 13.5. The van der Waals surface area contributed by atoms with Gasteiger partial charge in [-0.2, -0.15) is 0 Å². The van der Waals surface area contributed by atoms with E-state index < -0.39 is 4.92 Å². The first kappa shape index (κ1) is 21.2. The Morgan fingerprint density at radius 1 is 1.16 bits per heavy atom. The summed E-state index contributed by atoms with van der Waals surface area (Å²) in [6, 6.07) is 12.8. The number of amidine groups is 1. The molecule has 0 aliphatic carbocycles. The smallest absolute Gasteiger partial charge is 0.270 e. The van der Waals surface area contributed by atoms with Gasteiger partial charge in [0.1, 0.15) is 11.5 Å². The highest BCUT2D eigenvalue weighted by Gasteiger charge is 2.25. The highest BCUT2D eigenvalue weighted by Crippen LogP contribution is 2.35. The lowest BCUT2D eigenvalue weighted by Crippen LogP contribution is -2.19. The first-order chi connectivity index (χ1) is 14.8. The number of nitro groups is 1. The number of nitrogens with one attached hydrogen (secondary N) is 1. The number of amides is 1. The minimum Gasteiger partial charge on any atom is -0.457 e. The standard InChI is InChI=1S/C21H13Cl2N3O4S/c1-11-15(22)3-2-4-17(11)24-21-25-20(27)19(31-21)10-13-6-8-18(30-13)14-9-12(26(28)29)5-7-16(14)23/h2-10H,1H3,(H,24,25,27)/b19-10-. The number of aliphatic imine (C=N–C) groups is 1. The van der Waals surface area contributed by atoms with E-state index in [-0.39, 0.29) is 11.6 Å². The third kappa shape index (κ3) is 4.51. The molecule has 1 aliphatic rings. The summed E-state index contributed by atoms with van der Waals surface area (Å²) in [7, 11) is 0. The van der Waals surface area contributed by atoms with Crippen molar-refractivity contribution in [3.05, 3.63) is 84.9 Å². The summed E-state index contributed by atoms with van der Waals surface area (Å²) in [6.45, 7) is 1.85. The van der Waals surface area contributed by atoms with E-state index in [1.165, 1.54) is 30.0 Å². The topological polar surface area (TPSA) is 97.7 Å². The number of rotatable bonds is 4. The number of carbonyl (C=O) groups excluding carboxylic acids is 1. The fourth-order valence-corrected chi connectivity index (χ4v) is 4.02. The summed E-state index contributed by atoms with van der Waals surface area (Å²) in [5, 5.41) is 15.1. The Morgan fingerprint density at radius 2 is 1.97 bits per heavy atom. The van der Waals surface area contributed by atoms with Gasteiger partial charge in [0, 0.05) is 28.8 Å². The van der Waals surface area contributed by atoms with Crippen molar-refractivity contribution in [2.75, 3.05) is 0 Å². The highest BCUT2D eigenvalue weighted by atomic mass is 35.5. The number of benzene rings is 2. The normalized spacial score (nSPS) is 16.2. The Bertz CT molecular complexity index is 1280. The Labute approximate surface area is 190 Å². The predicted octanol–water partition coefficient (Wildman–Crippen LogP) is 6.36. The van der Waals surface area contributed by atoms with Crippen molar-refractivity contribution in [3.8, 4) is 11.3 Å². The van der Waals surface area contributed by atoms with Crippen molar-refractivity contribution in [2.24, 2.45) is 4.99 Å². The van der Waals surface area contributed by atoms with Gasteiger partial charge in [-0.1, -0.05) is 29.3 Å². The third-order valence-corrected chi connectivity index (χ3v) is 6.09. The molecule has 0 saturated carbocycles. The SMILES string of the molecule is Cc1c(Cl)cccc1N=C1NC(=O)/C(=C/c2ccc(-c3cc([N+](=O)[O-])ccc3Cl)o2)S1. The van der Waals surface area contributed by atoms with Crippen molar-refractivity contribution in [1.82, 2.24) is 5.32 Å². The average molecular weight is 474 g/mol. The maximum absolute atomic E-state index is 12.3. The molecule has 10 heteroatoms. The molecule has 1 saturated heterocycles. The Kier molecular flexibility index (Phi) is 5.86. The molecule has 0 unspecified atom stereocenters. The van der Waals surface area contributed by atoms with Crippen LogP contribution in [0.1, 0.15) is 11.3 Å². The maximum atomic E-state index is 12.3. The number of hydrogen-bond acceptors (Lipinski definition) is 6. The van der Waals surface area contributed by atoms with Crippen molar-refractivity contribution < 1.29 is 14.1 Å². The van der Waals surface area contributed by atoms with E-state index in [2.05, 4.69) is 10.3 Å². The van der Waals surface area contributed by atoms with Crippen LogP contribution in [0.5, 0.6) is 0 Å². The van der Waals surface area contributed by atoms with Crippen LogP contribution in [0.2, 0.25) is 10.0 Å². The highest BCUT2D eigenvalue weighted by molar-refractivity contribution is 8.18. The lowest BCUT2D eigenvalue weighted by atomic mass is 10.1. The summed E-state index contributed by atoms with van der Waals surface area (Å²) in [4.78, 5) is 27.7. The van der Waals surface area contributed by atoms with Crippen LogP contribution < -0.4 is 5.32 Å². The molecule has 2 aromatic carbocycles. The molecule has 1 aromatic heterocycles. The number of nitrogens with zero attached hydrogens (tertiary/aromatic N) is 2. The van der Waals surface area contributed by atoms with Crippen LogP contribution in [-0.2, 0) is 4.79 Å². The quantitative estimate of drug-likeness (QED) is 0.270. The van der Waals surface area contributed by atoms with Gasteiger partial charge >= 0.3 is 0 Å².